The van der Waals surface area contributed by atoms with Crippen LogP contribution in [0.5, 0.6) is 11.5 Å². The largest absolute Gasteiger partial charge is 0.493 e. The van der Waals surface area contributed by atoms with Crippen molar-refractivity contribution in [2.45, 2.75) is 37.6 Å². The molecule has 0 bridgehead atoms. The molecule has 0 radical (unpaired) electrons. The van der Waals surface area contributed by atoms with Gasteiger partial charge < -0.3 is 19.3 Å². The van der Waals surface area contributed by atoms with E-state index in [1.54, 1.807) is 0 Å². The number of fused-ring (bicyclic) bond motifs is 4. The monoisotopic (exact) mass is 376 g/mol. The van der Waals surface area contributed by atoms with Crippen molar-refractivity contribution < 1.29 is 9.47 Å². The maximum atomic E-state index is 5.93. The van der Waals surface area contributed by atoms with Crippen LogP contribution < -0.4 is 14.4 Å². The zero-order chi connectivity index (χ0) is 18.5. The number of anilines is 1. The number of hydrogen-bond acceptors (Lipinski definition) is 4. The van der Waals surface area contributed by atoms with E-state index in [0.29, 0.717) is 12.0 Å². The second-order valence-electron chi connectivity index (χ2n) is 8.61. The van der Waals surface area contributed by atoms with E-state index in [-0.39, 0.29) is 0 Å². The minimum Gasteiger partial charge on any atom is -0.493 e. The zero-order valence-electron chi connectivity index (χ0n) is 16.4. The molecule has 0 unspecified atom stereocenters. The summed E-state index contributed by atoms with van der Waals surface area (Å²) in [6.45, 7) is 6.30. The Hall–Kier alpha value is -2.20. The molecule has 2 aromatic rings. The van der Waals surface area contributed by atoms with Crippen molar-refractivity contribution in [1.82, 2.24) is 4.90 Å². The Morgan fingerprint density at radius 1 is 1.00 bits per heavy atom. The molecule has 1 fully saturated rings. The van der Waals surface area contributed by atoms with Gasteiger partial charge in [0.1, 0.15) is 18.1 Å². The third-order valence-electron chi connectivity index (χ3n) is 7.08. The highest BCUT2D eigenvalue weighted by Crippen LogP contribution is 2.50. The second-order valence-corrected chi connectivity index (χ2v) is 8.61. The van der Waals surface area contributed by atoms with Crippen LogP contribution in [-0.4, -0.2) is 50.3 Å². The van der Waals surface area contributed by atoms with E-state index in [9.17, 15) is 0 Å². The molecule has 0 amide bonds. The lowest BCUT2D eigenvalue weighted by Gasteiger charge is -2.40. The van der Waals surface area contributed by atoms with Crippen molar-refractivity contribution in [2.75, 3.05) is 44.3 Å². The topological polar surface area (TPSA) is 24.9 Å². The number of ether oxygens (including phenoxy) is 2. The van der Waals surface area contributed by atoms with Crippen LogP contribution in [0.1, 0.15) is 35.4 Å². The first-order valence-electron chi connectivity index (χ1n) is 10.9. The molecular weight excluding hydrogens is 348 g/mol. The molecular formula is C24H28N2O2. The molecule has 146 valence electrons. The predicted octanol–water partition coefficient (Wildman–Crippen LogP) is 3.62. The van der Waals surface area contributed by atoms with Gasteiger partial charge in [-0.25, -0.2) is 0 Å². The number of rotatable bonds is 4. The molecule has 0 aromatic heterocycles. The van der Waals surface area contributed by atoms with Gasteiger partial charge in [-0.2, -0.15) is 0 Å². The molecule has 4 aliphatic heterocycles. The second kappa shape index (κ2) is 6.70. The lowest BCUT2D eigenvalue weighted by atomic mass is 9.89. The highest BCUT2D eigenvalue weighted by Gasteiger charge is 2.44. The van der Waals surface area contributed by atoms with Gasteiger partial charge in [-0.15, -0.1) is 0 Å². The van der Waals surface area contributed by atoms with Gasteiger partial charge in [0, 0.05) is 31.5 Å². The number of piperidine rings is 1. The van der Waals surface area contributed by atoms with E-state index < -0.39 is 0 Å². The number of aryl methyl sites for hydroxylation is 1. The third-order valence-corrected chi connectivity index (χ3v) is 7.08. The Morgan fingerprint density at radius 3 is 2.96 bits per heavy atom. The van der Waals surface area contributed by atoms with E-state index in [4.69, 9.17) is 9.47 Å². The summed E-state index contributed by atoms with van der Waals surface area (Å²) in [6, 6.07) is 14.0. The molecule has 2 aromatic carbocycles. The Kier molecular flexibility index (Phi) is 4.00. The molecule has 0 aliphatic carbocycles. The predicted molar refractivity (Wildman–Crippen MR) is 111 cm³/mol. The zero-order valence-corrected chi connectivity index (χ0v) is 16.4. The van der Waals surface area contributed by atoms with Gasteiger partial charge in [0.15, 0.2) is 0 Å². The molecule has 2 atom stereocenters. The van der Waals surface area contributed by atoms with E-state index in [1.165, 1.54) is 60.6 Å². The lowest BCUT2D eigenvalue weighted by molar-refractivity contribution is 0.188. The summed E-state index contributed by atoms with van der Waals surface area (Å²) < 4.78 is 11.8. The first kappa shape index (κ1) is 16.7. The van der Waals surface area contributed by atoms with Crippen molar-refractivity contribution in [2.24, 2.45) is 0 Å². The molecule has 4 heteroatoms. The first-order chi connectivity index (χ1) is 13.9. The van der Waals surface area contributed by atoms with E-state index >= 15 is 0 Å². The highest BCUT2D eigenvalue weighted by molar-refractivity contribution is 5.71. The van der Waals surface area contributed by atoms with Crippen LogP contribution in [0.4, 0.5) is 5.69 Å². The Labute approximate surface area is 167 Å². The van der Waals surface area contributed by atoms with Gasteiger partial charge in [-0.05, 0) is 48.6 Å². The smallest absolute Gasteiger partial charge is 0.142 e. The SMILES string of the molecule is c1cc(CCCN2CC[C@H]3[C@@H](C2)c2cccc4c2N3CCO4)c2c(c1)CCO2. The van der Waals surface area contributed by atoms with Crippen LogP contribution in [0.15, 0.2) is 36.4 Å². The van der Waals surface area contributed by atoms with E-state index in [0.717, 1.165) is 38.3 Å². The Bertz CT molecular complexity index is 896. The highest BCUT2D eigenvalue weighted by atomic mass is 16.5. The molecule has 0 saturated carbocycles. The number of likely N-dealkylation sites (tertiary alicyclic amines) is 1. The van der Waals surface area contributed by atoms with Crippen LogP contribution in [0.2, 0.25) is 0 Å². The van der Waals surface area contributed by atoms with E-state index in [2.05, 4.69) is 46.2 Å². The quantitative estimate of drug-likeness (QED) is 0.814. The number of hydrogen-bond donors (Lipinski definition) is 0. The summed E-state index contributed by atoms with van der Waals surface area (Å²) in [5.41, 5.74) is 5.70. The summed E-state index contributed by atoms with van der Waals surface area (Å²) >= 11 is 0. The summed E-state index contributed by atoms with van der Waals surface area (Å²) in [5.74, 6) is 2.91. The number of benzene rings is 2. The van der Waals surface area contributed by atoms with Crippen LogP contribution in [-0.2, 0) is 12.8 Å². The normalized spacial score (nSPS) is 24.9. The summed E-state index contributed by atoms with van der Waals surface area (Å²) in [4.78, 5) is 5.32. The Morgan fingerprint density at radius 2 is 1.96 bits per heavy atom. The maximum Gasteiger partial charge on any atom is 0.142 e. The molecule has 0 N–H and O–H groups in total. The summed E-state index contributed by atoms with van der Waals surface area (Å²) in [6.07, 6.45) is 4.66. The van der Waals surface area contributed by atoms with Crippen molar-refractivity contribution in [3.05, 3.63) is 53.1 Å². The third kappa shape index (κ3) is 2.61. The van der Waals surface area contributed by atoms with Crippen LogP contribution in [0.3, 0.4) is 0 Å². The van der Waals surface area contributed by atoms with Crippen molar-refractivity contribution in [3.63, 3.8) is 0 Å². The van der Waals surface area contributed by atoms with Gasteiger partial charge in [-0.1, -0.05) is 30.3 Å². The maximum absolute atomic E-state index is 5.93. The van der Waals surface area contributed by atoms with Crippen molar-refractivity contribution >= 4 is 5.69 Å². The van der Waals surface area contributed by atoms with Gasteiger partial charge in [0.2, 0.25) is 0 Å². The van der Waals surface area contributed by atoms with Gasteiger partial charge >= 0.3 is 0 Å². The summed E-state index contributed by atoms with van der Waals surface area (Å²) in [5, 5.41) is 0. The van der Waals surface area contributed by atoms with Crippen LogP contribution in [0, 0.1) is 0 Å². The standard InChI is InChI=1S/C24H28N2O2/c1-4-17(24-18(5-1)10-14-28-24)6-3-11-25-12-9-21-20(16-25)19-7-2-8-22-23(19)26(21)13-15-27-22/h1-2,4-5,7-8,20-21H,3,6,9-16H2/t20-,21-/m0/s1. The molecule has 28 heavy (non-hydrogen) atoms. The molecule has 0 spiro atoms. The van der Waals surface area contributed by atoms with Crippen molar-refractivity contribution in [1.29, 1.82) is 0 Å². The Balaban J connectivity index is 1.13. The number of para-hydroxylation sites is 2. The first-order valence-corrected chi connectivity index (χ1v) is 10.9. The molecule has 4 heterocycles. The summed E-state index contributed by atoms with van der Waals surface area (Å²) in [7, 11) is 0. The average molecular weight is 377 g/mol. The van der Waals surface area contributed by atoms with Gasteiger partial charge in [0.25, 0.3) is 0 Å². The molecule has 4 aliphatic rings. The minimum atomic E-state index is 0.634. The number of nitrogens with zero attached hydrogens (tertiary/aromatic N) is 2. The van der Waals surface area contributed by atoms with Crippen molar-refractivity contribution in [3.8, 4) is 11.5 Å². The fourth-order valence-electron chi connectivity index (χ4n) is 5.82. The van der Waals surface area contributed by atoms with Crippen LogP contribution >= 0.6 is 0 Å². The lowest BCUT2D eigenvalue weighted by Crippen LogP contribution is -2.48. The van der Waals surface area contributed by atoms with Gasteiger partial charge in [-0.3, -0.25) is 0 Å². The fraction of sp³-hybridized carbons (Fsp3) is 0.500. The van der Waals surface area contributed by atoms with Gasteiger partial charge in [0.05, 0.1) is 18.8 Å². The molecule has 1 saturated heterocycles. The molecule has 6 rings (SSSR count). The molecule has 4 nitrogen and oxygen atoms in total. The minimum absolute atomic E-state index is 0.634. The fourth-order valence-corrected chi connectivity index (χ4v) is 5.82. The van der Waals surface area contributed by atoms with Crippen LogP contribution in [0.25, 0.3) is 0 Å². The van der Waals surface area contributed by atoms with E-state index in [1.807, 2.05) is 0 Å². The average Bonchev–Trinajstić information content (AvgIpc) is 3.34.